The molecule has 0 spiro atoms. The average molecular weight is 410 g/mol. The molecule has 3 heterocycles. The van der Waals surface area contributed by atoms with Gasteiger partial charge in [0.1, 0.15) is 6.10 Å². The summed E-state index contributed by atoms with van der Waals surface area (Å²) in [6, 6.07) is 9.41. The highest BCUT2D eigenvalue weighted by Crippen LogP contribution is 2.55. The van der Waals surface area contributed by atoms with Gasteiger partial charge in [0, 0.05) is 24.3 Å². The predicted molar refractivity (Wildman–Crippen MR) is 99.4 cm³/mol. The Morgan fingerprint density at radius 2 is 1.57 bits per heavy atom. The van der Waals surface area contributed by atoms with Crippen LogP contribution in [0.1, 0.15) is 35.6 Å². The number of benzene rings is 2. The van der Waals surface area contributed by atoms with Gasteiger partial charge in [-0.2, -0.15) is 0 Å². The van der Waals surface area contributed by atoms with Crippen LogP contribution in [0.2, 0.25) is 0 Å². The van der Waals surface area contributed by atoms with Gasteiger partial charge < -0.3 is 28.4 Å². The van der Waals surface area contributed by atoms with Crippen LogP contribution in [0.15, 0.2) is 30.3 Å². The maximum Gasteiger partial charge on any atom is 0.310 e. The summed E-state index contributed by atoms with van der Waals surface area (Å²) in [6.07, 6.45) is -0.603. The first-order chi connectivity index (χ1) is 14.6. The van der Waals surface area contributed by atoms with E-state index in [0.717, 1.165) is 16.7 Å². The summed E-state index contributed by atoms with van der Waals surface area (Å²) in [5, 5.41) is 0. The van der Waals surface area contributed by atoms with E-state index in [2.05, 4.69) is 0 Å². The molecule has 4 atom stereocenters. The predicted octanol–water partition coefficient (Wildman–Crippen LogP) is 2.68. The van der Waals surface area contributed by atoms with Crippen LogP contribution in [0.4, 0.5) is 0 Å². The summed E-state index contributed by atoms with van der Waals surface area (Å²) in [5.74, 6) is 0.683. The van der Waals surface area contributed by atoms with Gasteiger partial charge in [0.2, 0.25) is 13.6 Å². The third-order valence-electron chi connectivity index (χ3n) is 6.17. The quantitative estimate of drug-likeness (QED) is 0.699. The fourth-order valence-corrected chi connectivity index (χ4v) is 4.95. The topological polar surface area (TPSA) is 89.5 Å². The van der Waals surface area contributed by atoms with E-state index in [-0.39, 0.29) is 38.0 Å². The van der Waals surface area contributed by atoms with E-state index in [1.54, 1.807) is 0 Å². The normalized spacial score (nSPS) is 27.3. The van der Waals surface area contributed by atoms with Crippen LogP contribution in [-0.2, 0) is 19.1 Å². The second kappa shape index (κ2) is 6.29. The molecule has 0 N–H and O–H groups in total. The van der Waals surface area contributed by atoms with Crippen LogP contribution in [-0.4, -0.2) is 32.1 Å². The van der Waals surface area contributed by atoms with E-state index < -0.39 is 18.0 Å². The van der Waals surface area contributed by atoms with Crippen molar-refractivity contribution in [3.05, 3.63) is 47.0 Å². The molecule has 2 aromatic carbocycles. The molecule has 8 nitrogen and oxygen atoms in total. The second-order valence-corrected chi connectivity index (χ2v) is 7.77. The highest BCUT2D eigenvalue weighted by Gasteiger charge is 2.53. The van der Waals surface area contributed by atoms with Gasteiger partial charge in [0.05, 0.1) is 12.5 Å². The van der Waals surface area contributed by atoms with Gasteiger partial charge in [-0.15, -0.1) is 0 Å². The summed E-state index contributed by atoms with van der Waals surface area (Å²) >= 11 is 0. The smallest absolute Gasteiger partial charge is 0.310 e. The number of hydrogen-bond acceptors (Lipinski definition) is 8. The first kappa shape index (κ1) is 17.4. The Morgan fingerprint density at radius 3 is 2.30 bits per heavy atom. The average Bonchev–Trinajstić information content (AvgIpc) is 3.46. The number of carbonyl (C=O) groups is 2. The lowest BCUT2D eigenvalue weighted by Gasteiger charge is -2.38. The highest BCUT2D eigenvalue weighted by molar-refractivity contribution is 5.79. The molecule has 30 heavy (non-hydrogen) atoms. The molecule has 0 radical (unpaired) electrons. The van der Waals surface area contributed by atoms with Crippen molar-refractivity contribution in [2.24, 2.45) is 11.8 Å². The molecule has 3 aliphatic heterocycles. The van der Waals surface area contributed by atoms with Crippen molar-refractivity contribution in [1.82, 2.24) is 0 Å². The van der Waals surface area contributed by atoms with Crippen molar-refractivity contribution in [3.8, 4) is 23.0 Å². The number of ether oxygens (including phenoxy) is 6. The van der Waals surface area contributed by atoms with Gasteiger partial charge in [-0.3, -0.25) is 9.59 Å². The summed E-state index contributed by atoms with van der Waals surface area (Å²) in [7, 11) is 0. The lowest BCUT2D eigenvalue weighted by Crippen LogP contribution is -2.36. The molecule has 0 bridgehead atoms. The van der Waals surface area contributed by atoms with Crippen molar-refractivity contribution in [1.29, 1.82) is 0 Å². The molecule has 4 aliphatic rings. The lowest BCUT2D eigenvalue weighted by atomic mass is 9.66. The fourth-order valence-electron chi connectivity index (χ4n) is 4.95. The number of fused-ring (bicyclic) bond motifs is 4. The Balaban J connectivity index is 1.56. The van der Waals surface area contributed by atoms with E-state index in [0.29, 0.717) is 23.0 Å². The molecule has 1 fully saturated rings. The molecule has 1 aliphatic carbocycles. The molecule has 2 aromatic rings. The summed E-state index contributed by atoms with van der Waals surface area (Å²) in [4.78, 5) is 24.7. The van der Waals surface area contributed by atoms with Crippen LogP contribution in [0.3, 0.4) is 0 Å². The number of cyclic esters (lactones) is 1. The molecule has 154 valence electrons. The van der Waals surface area contributed by atoms with Gasteiger partial charge in [-0.25, -0.2) is 0 Å². The van der Waals surface area contributed by atoms with Crippen LogP contribution in [0.5, 0.6) is 23.0 Å². The summed E-state index contributed by atoms with van der Waals surface area (Å²) < 4.78 is 33.2. The second-order valence-electron chi connectivity index (χ2n) is 7.77. The fraction of sp³-hybridized carbons (Fsp3) is 0.364. The number of hydrogen-bond donors (Lipinski definition) is 0. The number of rotatable bonds is 2. The van der Waals surface area contributed by atoms with E-state index in [4.69, 9.17) is 28.4 Å². The Hall–Kier alpha value is -3.42. The zero-order chi connectivity index (χ0) is 20.4. The zero-order valence-electron chi connectivity index (χ0n) is 16.1. The Kier molecular flexibility index (Phi) is 3.65. The third kappa shape index (κ3) is 2.46. The molecule has 1 saturated heterocycles. The molecular formula is C22H18O8. The Morgan fingerprint density at radius 1 is 0.900 bits per heavy atom. The van der Waals surface area contributed by atoms with Crippen LogP contribution in [0.25, 0.3) is 0 Å². The van der Waals surface area contributed by atoms with E-state index >= 15 is 0 Å². The molecule has 0 amide bonds. The zero-order valence-corrected chi connectivity index (χ0v) is 16.1. The van der Waals surface area contributed by atoms with Crippen LogP contribution < -0.4 is 18.9 Å². The van der Waals surface area contributed by atoms with Gasteiger partial charge in [-0.05, 0) is 35.4 Å². The van der Waals surface area contributed by atoms with Gasteiger partial charge in [-0.1, -0.05) is 6.07 Å². The lowest BCUT2D eigenvalue weighted by molar-refractivity contribution is -0.152. The van der Waals surface area contributed by atoms with Crippen LogP contribution in [0, 0.1) is 11.8 Å². The minimum atomic E-state index is -0.603. The monoisotopic (exact) mass is 410 g/mol. The standard InChI is InChI=1S/C22H18O8/c1-10(23)30-21-13-6-18-17(28-9-29-18)5-12(13)19(20-14(21)7-25-22(20)24)11-2-3-15-16(4-11)27-8-26-15/h2-6,14,19-21H,7-9H2,1H3/t14-,19-,20-,21-/m0/s1. The molecule has 0 unspecified atom stereocenters. The van der Waals surface area contributed by atoms with Crippen molar-refractivity contribution < 1.29 is 38.0 Å². The number of esters is 2. The van der Waals surface area contributed by atoms with Gasteiger partial charge in [0.15, 0.2) is 23.0 Å². The van der Waals surface area contributed by atoms with Crippen molar-refractivity contribution >= 4 is 11.9 Å². The van der Waals surface area contributed by atoms with Crippen molar-refractivity contribution in [3.63, 3.8) is 0 Å². The Labute approximate surface area is 171 Å². The molecule has 0 saturated carbocycles. The van der Waals surface area contributed by atoms with Crippen molar-refractivity contribution in [2.75, 3.05) is 20.2 Å². The molecule has 0 aromatic heterocycles. The summed E-state index contributed by atoms with van der Waals surface area (Å²) in [6.45, 7) is 1.85. The molecular weight excluding hydrogens is 392 g/mol. The van der Waals surface area contributed by atoms with Gasteiger partial charge in [0.25, 0.3) is 0 Å². The Bertz CT molecular complexity index is 1080. The highest BCUT2D eigenvalue weighted by atomic mass is 16.7. The van der Waals surface area contributed by atoms with E-state index in [1.165, 1.54) is 6.92 Å². The molecule has 6 rings (SSSR count). The minimum Gasteiger partial charge on any atom is -0.465 e. The van der Waals surface area contributed by atoms with E-state index in [1.807, 2.05) is 30.3 Å². The minimum absolute atomic E-state index is 0.125. The first-order valence-electron chi connectivity index (χ1n) is 9.77. The van der Waals surface area contributed by atoms with E-state index in [9.17, 15) is 9.59 Å². The number of carbonyl (C=O) groups excluding carboxylic acids is 2. The SMILES string of the molecule is CC(=O)O[C@H]1c2cc3c(cc2[C@H](c2ccc4c(c2)OCO4)[C@H]2C(=O)OC[C@@H]21)OCO3. The molecule has 8 heteroatoms. The maximum absolute atomic E-state index is 12.8. The van der Waals surface area contributed by atoms with Crippen molar-refractivity contribution in [2.45, 2.75) is 18.9 Å². The third-order valence-corrected chi connectivity index (χ3v) is 6.17. The van der Waals surface area contributed by atoms with Gasteiger partial charge >= 0.3 is 11.9 Å². The van der Waals surface area contributed by atoms with Crippen LogP contribution >= 0.6 is 0 Å². The maximum atomic E-state index is 12.8. The summed E-state index contributed by atoms with van der Waals surface area (Å²) in [5.41, 5.74) is 2.55. The first-order valence-corrected chi connectivity index (χ1v) is 9.77. The largest absolute Gasteiger partial charge is 0.465 e.